The van der Waals surface area contributed by atoms with Crippen LogP contribution in [-0.4, -0.2) is 20.2 Å². The first kappa shape index (κ1) is 35.3. The maximum absolute atomic E-state index is 5.99. The number of rotatable bonds is 26. The molecule has 0 aliphatic rings. The average molecular weight is 524 g/mol. The second-order valence-corrected chi connectivity index (χ2v) is 11.0. The molecule has 0 radical (unpaired) electrons. The molecule has 212 valence electrons. The third-order valence-corrected chi connectivity index (χ3v) is 7.52. The second-order valence-electron chi connectivity index (χ2n) is 11.0. The van der Waals surface area contributed by atoms with Crippen molar-refractivity contribution in [3.63, 3.8) is 0 Å². The summed E-state index contributed by atoms with van der Waals surface area (Å²) in [5.41, 5.74) is 1.39. The maximum Gasteiger partial charge on any atom is 0.131 e. The van der Waals surface area contributed by atoms with E-state index in [1.807, 2.05) is 0 Å². The lowest BCUT2D eigenvalue weighted by Gasteiger charge is -2.14. The van der Waals surface area contributed by atoms with E-state index in [0.29, 0.717) is 0 Å². The van der Waals surface area contributed by atoms with Crippen LogP contribution in [0.4, 0.5) is 5.69 Å². The molecule has 36 heavy (non-hydrogen) atoms. The Morgan fingerprint density at radius 2 is 0.861 bits per heavy atom. The molecule has 0 fully saturated rings. The van der Waals surface area contributed by atoms with E-state index < -0.39 is 0 Å². The normalized spacial score (nSPS) is 11.9. The van der Waals surface area contributed by atoms with Crippen LogP contribution in [0.1, 0.15) is 155 Å². The fourth-order valence-electron chi connectivity index (χ4n) is 4.99. The first-order valence-electron chi connectivity index (χ1n) is 15.8. The van der Waals surface area contributed by atoms with Gasteiger partial charge in [-0.05, 0) is 31.4 Å². The predicted octanol–water partition coefficient (Wildman–Crippen LogP) is 6.84. The molecule has 1 N–H and O–H groups in total. The Kier molecular flexibility index (Phi) is 26.8. The number of nitrogens with one attached hydrogen (secondary N) is 1. The molecule has 0 spiro atoms. The molecule has 0 aromatic heterocycles. The zero-order valence-corrected chi connectivity index (χ0v) is 25.3. The molecule has 0 bridgehead atoms. The number of halogens is 1. The molecular formula is C33H62ClNO. The van der Waals surface area contributed by atoms with Crippen LogP contribution >= 0.6 is 0 Å². The molecule has 1 aromatic rings. The molecule has 0 saturated carbocycles. The van der Waals surface area contributed by atoms with Gasteiger partial charge in [-0.2, -0.15) is 0 Å². The SMILES string of the molecule is CCCCCCCCCCCCCOc1ccc([NH+](C)CCCCCCCCCCCCC)cc1.[Cl-]. The lowest BCUT2D eigenvalue weighted by Crippen LogP contribution is -3.03. The number of benzene rings is 1. The highest BCUT2D eigenvalue weighted by Gasteiger charge is 2.06. The summed E-state index contributed by atoms with van der Waals surface area (Å²) in [5.74, 6) is 1.03. The zero-order valence-electron chi connectivity index (χ0n) is 24.6. The Labute approximate surface area is 232 Å². The van der Waals surface area contributed by atoms with Crippen LogP contribution in [0.15, 0.2) is 24.3 Å². The fraction of sp³-hybridized carbons (Fsp3) is 0.818. The highest BCUT2D eigenvalue weighted by molar-refractivity contribution is 5.35. The summed E-state index contributed by atoms with van der Waals surface area (Å²) in [7, 11) is 2.30. The largest absolute Gasteiger partial charge is 1.00 e. The summed E-state index contributed by atoms with van der Waals surface area (Å²) in [6.45, 7) is 6.68. The Balaban J connectivity index is 0.0000122. The van der Waals surface area contributed by atoms with E-state index in [-0.39, 0.29) is 12.4 Å². The Hall–Kier alpha value is -0.730. The summed E-state index contributed by atoms with van der Waals surface area (Å²) in [4.78, 5) is 1.53. The second kappa shape index (κ2) is 27.3. The minimum absolute atomic E-state index is 0. The molecule has 1 unspecified atom stereocenters. The Morgan fingerprint density at radius 1 is 0.500 bits per heavy atom. The molecule has 0 aliphatic heterocycles. The van der Waals surface area contributed by atoms with Crippen molar-refractivity contribution < 1.29 is 22.0 Å². The number of hydrogen-bond acceptors (Lipinski definition) is 1. The van der Waals surface area contributed by atoms with Gasteiger partial charge in [0.05, 0.1) is 20.2 Å². The molecule has 0 heterocycles. The topological polar surface area (TPSA) is 13.7 Å². The van der Waals surface area contributed by atoms with Gasteiger partial charge < -0.3 is 22.0 Å². The van der Waals surface area contributed by atoms with Gasteiger partial charge in [0.25, 0.3) is 0 Å². The van der Waals surface area contributed by atoms with Gasteiger partial charge in [0.15, 0.2) is 0 Å². The first-order valence-corrected chi connectivity index (χ1v) is 15.8. The van der Waals surface area contributed by atoms with E-state index in [4.69, 9.17) is 4.74 Å². The van der Waals surface area contributed by atoms with Crippen LogP contribution in [0, 0.1) is 0 Å². The number of hydrogen-bond donors (Lipinski definition) is 1. The van der Waals surface area contributed by atoms with Crippen LogP contribution in [0.2, 0.25) is 0 Å². The highest BCUT2D eigenvalue weighted by Crippen LogP contribution is 2.15. The summed E-state index contributed by atoms with van der Waals surface area (Å²) in [6.07, 6.45) is 30.8. The lowest BCUT2D eigenvalue weighted by molar-refractivity contribution is -0.810. The van der Waals surface area contributed by atoms with E-state index in [9.17, 15) is 0 Å². The van der Waals surface area contributed by atoms with Crippen LogP contribution < -0.4 is 22.0 Å². The third-order valence-electron chi connectivity index (χ3n) is 7.52. The van der Waals surface area contributed by atoms with Gasteiger partial charge in [-0.3, -0.25) is 0 Å². The number of unbranched alkanes of at least 4 members (excludes halogenated alkanes) is 20. The van der Waals surface area contributed by atoms with Crippen LogP contribution in [0.3, 0.4) is 0 Å². The van der Waals surface area contributed by atoms with Gasteiger partial charge in [0.1, 0.15) is 11.4 Å². The van der Waals surface area contributed by atoms with Crippen LogP contribution in [-0.2, 0) is 0 Å². The highest BCUT2D eigenvalue weighted by atomic mass is 35.5. The van der Waals surface area contributed by atoms with E-state index >= 15 is 0 Å². The predicted molar refractivity (Wildman–Crippen MR) is 156 cm³/mol. The molecule has 0 amide bonds. The molecule has 1 atom stereocenters. The van der Waals surface area contributed by atoms with Crippen LogP contribution in [0.5, 0.6) is 5.75 Å². The molecule has 1 rings (SSSR count). The summed E-state index contributed by atoms with van der Waals surface area (Å²) >= 11 is 0. The Morgan fingerprint density at radius 3 is 1.28 bits per heavy atom. The minimum Gasteiger partial charge on any atom is -1.00 e. The quantitative estimate of drug-likeness (QED) is 0.131. The van der Waals surface area contributed by atoms with Gasteiger partial charge in [-0.25, -0.2) is 0 Å². The summed E-state index contributed by atoms with van der Waals surface area (Å²) in [6, 6.07) is 8.84. The average Bonchev–Trinajstić information content (AvgIpc) is 2.88. The van der Waals surface area contributed by atoms with Crippen molar-refractivity contribution in [3.05, 3.63) is 24.3 Å². The van der Waals surface area contributed by atoms with Crippen molar-refractivity contribution in [3.8, 4) is 5.75 Å². The lowest BCUT2D eigenvalue weighted by atomic mass is 10.1. The summed E-state index contributed by atoms with van der Waals surface area (Å²) in [5, 5.41) is 0. The molecule has 3 heteroatoms. The van der Waals surface area contributed by atoms with Gasteiger partial charge in [0.2, 0.25) is 0 Å². The van der Waals surface area contributed by atoms with Gasteiger partial charge in [-0.1, -0.05) is 136 Å². The van der Waals surface area contributed by atoms with E-state index in [2.05, 4.69) is 45.2 Å². The zero-order chi connectivity index (χ0) is 25.2. The molecule has 2 nitrogen and oxygen atoms in total. The van der Waals surface area contributed by atoms with Crippen LogP contribution in [0.25, 0.3) is 0 Å². The third kappa shape index (κ3) is 21.4. The van der Waals surface area contributed by atoms with Gasteiger partial charge in [0, 0.05) is 12.1 Å². The van der Waals surface area contributed by atoms with E-state index in [0.717, 1.165) is 12.4 Å². The minimum atomic E-state index is 0. The van der Waals surface area contributed by atoms with Crippen molar-refractivity contribution in [1.82, 2.24) is 0 Å². The van der Waals surface area contributed by atoms with Crippen molar-refractivity contribution in [1.29, 1.82) is 0 Å². The van der Waals surface area contributed by atoms with E-state index in [1.54, 1.807) is 0 Å². The smallest absolute Gasteiger partial charge is 0.131 e. The summed E-state index contributed by atoms with van der Waals surface area (Å²) < 4.78 is 5.99. The standard InChI is InChI=1S/C33H61NO.ClH/c1-4-6-8-10-12-14-16-18-20-22-24-30-34(3)32-26-28-33(29-27-32)35-31-25-23-21-19-17-15-13-11-9-7-5-2;/h26-29H,4-25,30-31H2,1-3H3;1H. The number of quaternary nitrogens is 1. The van der Waals surface area contributed by atoms with Crippen molar-refractivity contribution in [2.45, 2.75) is 155 Å². The van der Waals surface area contributed by atoms with Crippen molar-refractivity contribution in [2.24, 2.45) is 0 Å². The fourth-order valence-corrected chi connectivity index (χ4v) is 4.99. The Bertz CT molecular complexity index is 547. The van der Waals surface area contributed by atoms with Gasteiger partial charge in [-0.15, -0.1) is 0 Å². The van der Waals surface area contributed by atoms with Crippen molar-refractivity contribution >= 4 is 5.69 Å². The monoisotopic (exact) mass is 523 g/mol. The first-order chi connectivity index (χ1) is 17.3. The van der Waals surface area contributed by atoms with Gasteiger partial charge >= 0.3 is 0 Å². The number of ether oxygens (including phenoxy) is 1. The molecule has 1 aromatic carbocycles. The van der Waals surface area contributed by atoms with E-state index in [1.165, 1.54) is 158 Å². The van der Waals surface area contributed by atoms with Crippen molar-refractivity contribution in [2.75, 3.05) is 20.2 Å². The molecule has 0 aliphatic carbocycles. The molecule has 0 saturated heterocycles. The molecular weight excluding hydrogens is 462 g/mol. The maximum atomic E-state index is 5.99.